The number of aliphatic imine (C=N–C) groups is 1. The molecule has 0 spiro atoms. The summed E-state index contributed by atoms with van der Waals surface area (Å²) < 4.78 is 23.2. The molecule has 0 amide bonds. The number of rotatable bonds is 8. The average Bonchev–Trinajstić information content (AvgIpc) is 3.28. The predicted molar refractivity (Wildman–Crippen MR) is 129 cm³/mol. The topological polar surface area (TPSA) is 73.3 Å². The van der Waals surface area contributed by atoms with E-state index in [9.17, 15) is 0 Å². The van der Waals surface area contributed by atoms with Gasteiger partial charge < -0.3 is 29.6 Å². The van der Waals surface area contributed by atoms with Crippen molar-refractivity contribution in [1.29, 1.82) is 0 Å². The summed E-state index contributed by atoms with van der Waals surface area (Å²) in [6.45, 7) is 2.75. The summed E-state index contributed by atoms with van der Waals surface area (Å²) in [5, 5.41) is 6.81. The lowest BCUT2D eigenvalue weighted by Gasteiger charge is -2.36. The lowest BCUT2D eigenvalue weighted by atomic mass is 9.94. The minimum atomic E-state index is -0.206. The second-order valence-electron chi connectivity index (χ2n) is 7.75. The normalized spacial score (nSPS) is 19.1. The lowest BCUT2D eigenvalue weighted by Crippen LogP contribution is -2.50. The van der Waals surface area contributed by atoms with Gasteiger partial charge in [-0.25, -0.2) is 0 Å². The molecule has 7 nitrogen and oxygen atoms in total. The van der Waals surface area contributed by atoms with Crippen LogP contribution in [0, 0.1) is 0 Å². The Hall–Kier alpha value is -1.26. The van der Waals surface area contributed by atoms with E-state index in [2.05, 4.69) is 21.7 Å². The van der Waals surface area contributed by atoms with Crippen LogP contribution in [0.1, 0.15) is 44.1 Å². The zero-order chi connectivity index (χ0) is 20.5. The van der Waals surface area contributed by atoms with Crippen LogP contribution in [0.2, 0.25) is 0 Å². The molecule has 0 aromatic heterocycles. The Morgan fingerprint density at radius 1 is 1.17 bits per heavy atom. The van der Waals surface area contributed by atoms with Crippen LogP contribution in [0.4, 0.5) is 0 Å². The second kappa shape index (κ2) is 12.6. The van der Waals surface area contributed by atoms with Gasteiger partial charge in [0.25, 0.3) is 0 Å². The van der Waals surface area contributed by atoms with Gasteiger partial charge in [0.15, 0.2) is 17.5 Å². The van der Waals surface area contributed by atoms with Crippen LogP contribution in [0.15, 0.2) is 23.2 Å². The first kappa shape index (κ1) is 25.0. The number of hydrogen-bond donors (Lipinski definition) is 2. The van der Waals surface area contributed by atoms with Crippen molar-refractivity contribution in [2.45, 2.75) is 56.8 Å². The van der Waals surface area contributed by atoms with Crippen LogP contribution in [0.3, 0.4) is 0 Å². The molecule has 0 unspecified atom stereocenters. The first-order valence-electron chi connectivity index (χ1n) is 10.6. The van der Waals surface area contributed by atoms with E-state index in [1.807, 2.05) is 12.1 Å². The summed E-state index contributed by atoms with van der Waals surface area (Å²) in [5.74, 6) is 2.35. The molecule has 3 rings (SSSR count). The molecular formula is C22H36IN3O4. The molecular weight excluding hydrogens is 497 g/mol. The number of nitrogens with zero attached hydrogens (tertiary/aromatic N) is 1. The molecule has 8 heteroatoms. The van der Waals surface area contributed by atoms with Gasteiger partial charge in [-0.3, -0.25) is 4.99 Å². The number of halogens is 1. The molecule has 1 heterocycles. The molecule has 170 valence electrons. The summed E-state index contributed by atoms with van der Waals surface area (Å²) >= 11 is 0. The van der Waals surface area contributed by atoms with Gasteiger partial charge in [-0.15, -0.1) is 24.0 Å². The van der Waals surface area contributed by atoms with E-state index in [0.29, 0.717) is 13.1 Å². The first-order valence-corrected chi connectivity index (χ1v) is 10.6. The Morgan fingerprint density at radius 2 is 1.90 bits per heavy atom. The van der Waals surface area contributed by atoms with Crippen molar-refractivity contribution in [3.05, 3.63) is 23.8 Å². The average molecular weight is 533 g/mol. The first-order chi connectivity index (χ1) is 14.2. The fourth-order valence-corrected chi connectivity index (χ4v) is 4.01. The Balaban J connectivity index is 0.00000320. The Bertz CT molecular complexity index is 674. The Labute approximate surface area is 197 Å². The highest BCUT2D eigenvalue weighted by Crippen LogP contribution is 2.34. The van der Waals surface area contributed by atoms with Crippen molar-refractivity contribution >= 4 is 29.9 Å². The molecule has 2 N–H and O–H groups in total. The minimum Gasteiger partial charge on any atom is -0.493 e. The third-order valence-corrected chi connectivity index (χ3v) is 5.95. The van der Waals surface area contributed by atoms with Crippen LogP contribution in [0.5, 0.6) is 11.5 Å². The predicted octanol–water partition coefficient (Wildman–Crippen LogP) is 3.50. The van der Waals surface area contributed by atoms with E-state index in [1.54, 1.807) is 21.3 Å². The summed E-state index contributed by atoms with van der Waals surface area (Å²) in [7, 11) is 5.24. The van der Waals surface area contributed by atoms with Gasteiger partial charge in [0, 0.05) is 58.9 Å². The maximum atomic E-state index is 6.32. The van der Waals surface area contributed by atoms with Gasteiger partial charge in [-0.2, -0.15) is 0 Å². The fourth-order valence-electron chi connectivity index (χ4n) is 4.01. The highest BCUT2D eigenvalue weighted by Gasteiger charge is 2.32. The van der Waals surface area contributed by atoms with Crippen molar-refractivity contribution in [1.82, 2.24) is 10.6 Å². The number of benzene rings is 1. The quantitative estimate of drug-likeness (QED) is 0.303. The van der Waals surface area contributed by atoms with Crippen molar-refractivity contribution in [2.75, 3.05) is 41.0 Å². The highest BCUT2D eigenvalue weighted by molar-refractivity contribution is 14.0. The van der Waals surface area contributed by atoms with Gasteiger partial charge >= 0.3 is 0 Å². The number of para-hydroxylation sites is 1. The largest absolute Gasteiger partial charge is 0.493 e. The zero-order valence-electron chi connectivity index (χ0n) is 18.4. The van der Waals surface area contributed by atoms with E-state index >= 15 is 0 Å². The highest BCUT2D eigenvalue weighted by atomic mass is 127. The zero-order valence-corrected chi connectivity index (χ0v) is 20.7. The van der Waals surface area contributed by atoms with E-state index in [1.165, 1.54) is 12.8 Å². The second-order valence-corrected chi connectivity index (χ2v) is 7.75. The molecule has 1 aliphatic heterocycles. The summed E-state index contributed by atoms with van der Waals surface area (Å²) in [4.78, 5) is 4.36. The lowest BCUT2D eigenvalue weighted by molar-refractivity contribution is -0.0855. The summed E-state index contributed by atoms with van der Waals surface area (Å²) in [5.41, 5.74) is 0.856. The number of hydrogen-bond acceptors (Lipinski definition) is 5. The number of methoxy groups -OCH3 is 2. The molecule has 2 fully saturated rings. The van der Waals surface area contributed by atoms with Crippen molar-refractivity contribution in [3.63, 3.8) is 0 Å². The number of nitrogens with one attached hydrogen (secondary N) is 2. The molecule has 1 aromatic rings. The van der Waals surface area contributed by atoms with E-state index < -0.39 is 0 Å². The fraction of sp³-hybridized carbons (Fsp3) is 0.682. The van der Waals surface area contributed by atoms with Crippen molar-refractivity contribution in [3.8, 4) is 11.5 Å². The Morgan fingerprint density at radius 3 is 2.53 bits per heavy atom. The molecule has 1 aliphatic carbocycles. The van der Waals surface area contributed by atoms with Crippen molar-refractivity contribution in [2.24, 2.45) is 4.99 Å². The van der Waals surface area contributed by atoms with E-state index in [4.69, 9.17) is 18.9 Å². The smallest absolute Gasteiger partial charge is 0.191 e. The monoisotopic (exact) mass is 533 g/mol. The van der Waals surface area contributed by atoms with Gasteiger partial charge in [0.05, 0.1) is 18.8 Å². The maximum Gasteiger partial charge on any atom is 0.191 e. The molecule has 0 bridgehead atoms. The Kier molecular flexibility index (Phi) is 10.5. The molecule has 1 saturated heterocycles. The third kappa shape index (κ3) is 6.62. The van der Waals surface area contributed by atoms with Crippen LogP contribution in [-0.2, 0) is 16.0 Å². The van der Waals surface area contributed by atoms with Crippen LogP contribution in [0.25, 0.3) is 0 Å². The number of ether oxygens (including phenoxy) is 4. The van der Waals surface area contributed by atoms with E-state index in [0.717, 1.165) is 61.9 Å². The third-order valence-electron chi connectivity index (χ3n) is 5.95. The van der Waals surface area contributed by atoms with Crippen molar-refractivity contribution < 1.29 is 18.9 Å². The molecule has 2 aliphatic rings. The standard InChI is InChI=1S/C22H35N3O4.HI/c1-23-21(25-16-22(27-3)11-13-28-14-12-22)24-15-17-7-6-10-19(26-2)20(17)29-18-8-4-5-9-18;/h6-7,10,18H,4-5,8-9,11-16H2,1-3H3,(H2,23,24,25);1H. The SMILES string of the molecule is CN=C(NCc1cccc(OC)c1OC1CCCC1)NCC1(OC)CCOCC1.I. The minimum absolute atomic E-state index is 0. The number of guanidine groups is 1. The van der Waals surface area contributed by atoms with Crippen LogP contribution in [-0.4, -0.2) is 58.7 Å². The summed E-state index contributed by atoms with van der Waals surface area (Å²) in [6, 6.07) is 6.02. The molecule has 1 aromatic carbocycles. The maximum absolute atomic E-state index is 6.32. The summed E-state index contributed by atoms with van der Waals surface area (Å²) in [6.07, 6.45) is 6.71. The molecule has 1 saturated carbocycles. The molecule has 0 atom stereocenters. The molecule has 30 heavy (non-hydrogen) atoms. The van der Waals surface area contributed by atoms with Gasteiger partial charge in [-0.1, -0.05) is 12.1 Å². The van der Waals surface area contributed by atoms with Gasteiger partial charge in [-0.05, 0) is 31.7 Å². The molecule has 0 radical (unpaired) electrons. The van der Waals surface area contributed by atoms with Crippen LogP contribution < -0.4 is 20.1 Å². The van der Waals surface area contributed by atoms with E-state index in [-0.39, 0.29) is 35.7 Å². The van der Waals surface area contributed by atoms with Gasteiger partial charge in [0.1, 0.15) is 0 Å². The van der Waals surface area contributed by atoms with Crippen LogP contribution >= 0.6 is 24.0 Å². The van der Waals surface area contributed by atoms with Gasteiger partial charge in [0.2, 0.25) is 0 Å².